The molecule has 0 radical (unpaired) electrons. The first kappa shape index (κ1) is 30.1. The lowest BCUT2D eigenvalue weighted by Gasteiger charge is -2.26. The van der Waals surface area contributed by atoms with Crippen molar-refractivity contribution in [2.24, 2.45) is 11.7 Å². The zero-order chi connectivity index (χ0) is 25.7. The molecule has 0 spiro atoms. The van der Waals surface area contributed by atoms with Gasteiger partial charge in [0.05, 0.1) is 12.5 Å². The average Bonchev–Trinajstić information content (AvgIpc) is 2.71. The van der Waals surface area contributed by atoms with E-state index >= 15 is 0 Å². The van der Waals surface area contributed by atoms with Gasteiger partial charge in [-0.2, -0.15) is 11.8 Å². The normalized spacial score (nSPS) is 14.5. The largest absolute Gasteiger partial charge is 0.481 e. The number of carboxylic acid groups (broad SMARTS) is 3. The number of amides is 3. The molecule has 3 amide bonds. The Labute approximate surface area is 195 Å². The van der Waals surface area contributed by atoms with Crippen molar-refractivity contribution >= 4 is 47.4 Å². The number of carbonyl (C=O) groups excluding carboxylic acids is 3. The Morgan fingerprint density at radius 2 is 1.39 bits per heavy atom. The Balaban J connectivity index is 5.39. The first-order valence-electron chi connectivity index (χ1n) is 10.1. The molecule has 0 fully saturated rings. The second kappa shape index (κ2) is 15.1. The molecule has 0 aromatic heterocycles. The molecular formula is C19H32N4O9S. The maximum Gasteiger partial charge on any atom is 0.326 e. The van der Waals surface area contributed by atoms with Gasteiger partial charge in [0.15, 0.2) is 0 Å². The van der Waals surface area contributed by atoms with Crippen molar-refractivity contribution in [1.82, 2.24) is 16.0 Å². The lowest BCUT2D eigenvalue weighted by molar-refractivity contribution is -0.144. The van der Waals surface area contributed by atoms with Crippen LogP contribution in [-0.4, -0.2) is 87.1 Å². The van der Waals surface area contributed by atoms with Gasteiger partial charge in [-0.1, -0.05) is 13.8 Å². The number of nitrogens with one attached hydrogen (secondary N) is 3. The van der Waals surface area contributed by atoms with Crippen molar-refractivity contribution in [3.05, 3.63) is 0 Å². The van der Waals surface area contributed by atoms with Crippen LogP contribution in [0.2, 0.25) is 0 Å². The lowest BCUT2D eigenvalue weighted by Crippen LogP contribution is -2.58. The summed E-state index contributed by atoms with van der Waals surface area (Å²) in [7, 11) is 0. The molecule has 14 heteroatoms. The van der Waals surface area contributed by atoms with Crippen molar-refractivity contribution in [2.45, 2.75) is 63.7 Å². The number of carbonyl (C=O) groups is 6. The van der Waals surface area contributed by atoms with Crippen LogP contribution >= 0.6 is 11.8 Å². The van der Waals surface area contributed by atoms with Crippen molar-refractivity contribution in [3.63, 3.8) is 0 Å². The zero-order valence-electron chi connectivity index (χ0n) is 18.7. The molecule has 0 bridgehead atoms. The molecule has 0 aliphatic heterocycles. The summed E-state index contributed by atoms with van der Waals surface area (Å²) in [6.07, 6.45) is 0.479. The molecule has 13 nitrogen and oxygen atoms in total. The van der Waals surface area contributed by atoms with Gasteiger partial charge in [-0.25, -0.2) is 4.79 Å². The van der Waals surface area contributed by atoms with Crippen LogP contribution in [0.3, 0.4) is 0 Å². The lowest BCUT2D eigenvalue weighted by atomic mass is 10.0. The van der Waals surface area contributed by atoms with E-state index in [2.05, 4.69) is 16.0 Å². The summed E-state index contributed by atoms with van der Waals surface area (Å²) in [6, 6.07) is -5.26. The fraction of sp³-hybridized carbons (Fsp3) is 0.684. The highest BCUT2D eigenvalue weighted by Gasteiger charge is 2.32. The van der Waals surface area contributed by atoms with E-state index in [0.717, 1.165) is 0 Å². The standard InChI is InChI=1S/C19H32N4O9S/c1-9(2)15(18(30)21-11(19(31)32)4-5-13(24)25)23-17(29)12(8-14(26)27)22-16(28)10(20)6-7-33-3/h9-12,15H,4-8,20H2,1-3H3,(H,21,30)(H,22,28)(H,23,29)(H,24,25)(H,26,27)(H,31,32)/t10-,11-,12-,15-/m0/s1. The highest BCUT2D eigenvalue weighted by Crippen LogP contribution is 2.07. The van der Waals surface area contributed by atoms with Gasteiger partial charge in [0, 0.05) is 6.42 Å². The Bertz CT molecular complexity index is 732. The quantitative estimate of drug-likeness (QED) is 0.133. The number of hydrogen-bond donors (Lipinski definition) is 7. The van der Waals surface area contributed by atoms with Gasteiger partial charge in [-0.15, -0.1) is 0 Å². The summed E-state index contributed by atoms with van der Waals surface area (Å²) in [5, 5.41) is 33.8. The molecule has 0 heterocycles. The predicted molar refractivity (Wildman–Crippen MR) is 118 cm³/mol. The van der Waals surface area contributed by atoms with E-state index < -0.39 is 78.6 Å². The van der Waals surface area contributed by atoms with Crippen LogP contribution in [0.4, 0.5) is 0 Å². The summed E-state index contributed by atoms with van der Waals surface area (Å²) >= 11 is 1.46. The fourth-order valence-electron chi connectivity index (χ4n) is 2.61. The van der Waals surface area contributed by atoms with Gasteiger partial charge in [-0.05, 0) is 30.8 Å². The molecule has 33 heavy (non-hydrogen) atoms. The third-order valence-corrected chi connectivity index (χ3v) is 5.13. The molecule has 4 atom stereocenters. The average molecular weight is 493 g/mol. The Morgan fingerprint density at radius 1 is 0.818 bits per heavy atom. The van der Waals surface area contributed by atoms with Crippen LogP contribution in [0.25, 0.3) is 0 Å². The molecular weight excluding hydrogens is 460 g/mol. The van der Waals surface area contributed by atoms with E-state index in [1.165, 1.54) is 11.8 Å². The minimum Gasteiger partial charge on any atom is -0.481 e. The van der Waals surface area contributed by atoms with Crippen molar-refractivity contribution in [1.29, 1.82) is 0 Å². The molecule has 0 unspecified atom stereocenters. The van der Waals surface area contributed by atoms with E-state index in [4.69, 9.17) is 15.9 Å². The van der Waals surface area contributed by atoms with E-state index in [1.54, 1.807) is 13.8 Å². The molecule has 8 N–H and O–H groups in total. The Morgan fingerprint density at radius 3 is 1.85 bits per heavy atom. The summed E-state index contributed by atoms with van der Waals surface area (Å²) in [5.74, 6) is -6.63. The molecule has 0 aromatic carbocycles. The summed E-state index contributed by atoms with van der Waals surface area (Å²) in [6.45, 7) is 3.11. The number of carboxylic acids is 3. The van der Waals surface area contributed by atoms with E-state index in [-0.39, 0.29) is 6.42 Å². The minimum atomic E-state index is -1.52. The van der Waals surface area contributed by atoms with Crippen LogP contribution in [0, 0.1) is 5.92 Å². The van der Waals surface area contributed by atoms with Gasteiger partial charge in [0.1, 0.15) is 18.1 Å². The monoisotopic (exact) mass is 492 g/mol. The second-order valence-corrected chi connectivity index (χ2v) is 8.59. The van der Waals surface area contributed by atoms with E-state index in [1.807, 2.05) is 6.26 Å². The molecule has 0 aromatic rings. The fourth-order valence-corrected chi connectivity index (χ4v) is 3.10. The third-order valence-electron chi connectivity index (χ3n) is 4.49. The van der Waals surface area contributed by atoms with Crippen molar-refractivity contribution in [2.75, 3.05) is 12.0 Å². The predicted octanol–water partition coefficient (Wildman–Crippen LogP) is -1.40. The molecule has 0 saturated heterocycles. The van der Waals surface area contributed by atoms with Crippen molar-refractivity contribution < 1.29 is 44.1 Å². The van der Waals surface area contributed by atoms with Crippen LogP contribution in [0.5, 0.6) is 0 Å². The third kappa shape index (κ3) is 12.1. The van der Waals surface area contributed by atoms with E-state index in [9.17, 15) is 33.9 Å². The van der Waals surface area contributed by atoms with Crippen LogP contribution in [0.15, 0.2) is 0 Å². The van der Waals surface area contributed by atoms with Crippen LogP contribution in [0.1, 0.15) is 39.5 Å². The zero-order valence-corrected chi connectivity index (χ0v) is 19.5. The maximum atomic E-state index is 12.7. The van der Waals surface area contributed by atoms with E-state index in [0.29, 0.717) is 12.2 Å². The maximum absolute atomic E-state index is 12.7. The first-order valence-corrected chi connectivity index (χ1v) is 11.5. The molecule has 0 rings (SSSR count). The van der Waals surface area contributed by atoms with Gasteiger partial charge in [0.2, 0.25) is 17.7 Å². The highest BCUT2D eigenvalue weighted by atomic mass is 32.2. The first-order chi connectivity index (χ1) is 15.3. The number of rotatable bonds is 16. The topological polar surface area (TPSA) is 225 Å². The molecule has 188 valence electrons. The SMILES string of the molecule is CSCC[C@H](N)C(=O)N[C@@H](CC(=O)O)C(=O)N[C@H](C(=O)N[C@@H](CCC(=O)O)C(=O)O)C(C)C. The second-order valence-electron chi connectivity index (χ2n) is 7.61. The van der Waals surface area contributed by atoms with Gasteiger partial charge in [0.25, 0.3) is 0 Å². The summed E-state index contributed by atoms with van der Waals surface area (Å²) < 4.78 is 0. The molecule has 0 aliphatic carbocycles. The van der Waals surface area contributed by atoms with Gasteiger partial charge >= 0.3 is 17.9 Å². The van der Waals surface area contributed by atoms with Gasteiger partial charge < -0.3 is 37.0 Å². The number of hydrogen-bond acceptors (Lipinski definition) is 8. The van der Waals surface area contributed by atoms with Crippen LogP contribution in [-0.2, 0) is 28.8 Å². The summed E-state index contributed by atoms with van der Waals surface area (Å²) in [4.78, 5) is 70.8. The summed E-state index contributed by atoms with van der Waals surface area (Å²) in [5.41, 5.74) is 5.75. The number of aliphatic carboxylic acids is 3. The number of nitrogens with two attached hydrogens (primary N) is 1. The Kier molecular flexibility index (Phi) is 13.7. The number of thioether (sulfide) groups is 1. The molecule has 0 saturated carbocycles. The van der Waals surface area contributed by atoms with Crippen molar-refractivity contribution in [3.8, 4) is 0 Å². The molecule has 0 aliphatic rings. The Hall–Kier alpha value is -2.87. The highest BCUT2D eigenvalue weighted by molar-refractivity contribution is 7.98. The van der Waals surface area contributed by atoms with Gasteiger partial charge in [-0.3, -0.25) is 24.0 Å². The minimum absolute atomic E-state index is 0.304. The van der Waals surface area contributed by atoms with Crippen LogP contribution < -0.4 is 21.7 Å². The smallest absolute Gasteiger partial charge is 0.326 e.